The normalized spacial score (nSPS) is 12.5. The number of rotatable bonds is 10. The van der Waals surface area contributed by atoms with Gasteiger partial charge < -0.3 is 16.0 Å². The fourth-order valence-corrected chi connectivity index (χ4v) is 3.93. The maximum atomic E-state index is 12.8. The minimum atomic E-state index is -2.76. The van der Waals surface area contributed by atoms with Crippen LogP contribution in [-0.2, 0) is 16.1 Å². The van der Waals surface area contributed by atoms with Crippen LogP contribution in [0.2, 0.25) is 0 Å². The Bertz CT molecular complexity index is 1250. The van der Waals surface area contributed by atoms with Crippen LogP contribution >= 0.6 is 11.3 Å². The highest BCUT2D eigenvalue weighted by molar-refractivity contribution is 7.07. The van der Waals surface area contributed by atoms with Crippen molar-refractivity contribution in [3.05, 3.63) is 43.8 Å². The van der Waals surface area contributed by atoms with Crippen LogP contribution in [0.3, 0.4) is 0 Å². The van der Waals surface area contributed by atoms with E-state index in [1.54, 1.807) is 37.3 Å². The van der Waals surface area contributed by atoms with Gasteiger partial charge in [-0.25, -0.2) is 8.78 Å². The smallest absolute Gasteiger partial charge is 0.270 e. The molecule has 0 aliphatic rings. The average Bonchev–Trinajstić information content (AvgIpc) is 3.11. The number of nitrogens with zero attached hydrogens (tertiary/aromatic N) is 3. The van der Waals surface area contributed by atoms with Gasteiger partial charge in [0.05, 0.1) is 13.1 Å². The van der Waals surface area contributed by atoms with Gasteiger partial charge in [-0.15, -0.1) is 11.3 Å². The summed E-state index contributed by atoms with van der Waals surface area (Å²) in [4.78, 5) is 38.9. The molecule has 34 heavy (non-hydrogen) atoms. The van der Waals surface area contributed by atoms with Crippen LogP contribution in [0.1, 0.15) is 13.8 Å². The van der Waals surface area contributed by atoms with Crippen LogP contribution in [0.15, 0.2) is 29.1 Å². The van der Waals surface area contributed by atoms with Crippen molar-refractivity contribution in [3.63, 3.8) is 0 Å². The van der Waals surface area contributed by atoms with Gasteiger partial charge >= 0.3 is 0 Å². The molecule has 0 spiro atoms. The second kappa shape index (κ2) is 12.6. The molecule has 0 atom stereocenters. The quantitative estimate of drug-likeness (QED) is 0.450. The van der Waals surface area contributed by atoms with Gasteiger partial charge in [-0.05, 0) is 38.7 Å². The number of nitriles is 1. The SMILES string of the molecule is CCN(C)CC(=O)Nc1cccc(NC=c2sc(=C(C#N)C(=O)NCC(F)F)n(CC)c2=O)c1. The predicted octanol–water partition coefficient (Wildman–Crippen LogP) is 0.726. The van der Waals surface area contributed by atoms with Gasteiger partial charge in [0.25, 0.3) is 17.9 Å². The average molecular weight is 493 g/mol. The third-order valence-electron chi connectivity index (χ3n) is 4.66. The van der Waals surface area contributed by atoms with E-state index in [2.05, 4.69) is 10.6 Å². The van der Waals surface area contributed by atoms with Crippen LogP contribution in [0.4, 0.5) is 20.2 Å². The minimum absolute atomic E-state index is 0.0795. The molecule has 1 aromatic heterocycles. The molecule has 2 aromatic rings. The molecule has 12 heteroatoms. The van der Waals surface area contributed by atoms with E-state index in [1.165, 1.54) is 10.8 Å². The lowest BCUT2D eigenvalue weighted by molar-refractivity contribution is -0.117. The number of hydrogen-bond acceptors (Lipinski definition) is 7. The first-order valence-corrected chi connectivity index (χ1v) is 11.3. The number of alkyl halides is 2. The second-order valence-corrected chi connectivity index (χ2v) is 8.19. The Balaban J connectivity index is 2.33. The maximum Gasteiger partial charge on any atom is 0.270 e. The van der Waals surface area contributed by atoms with Gasteiger partial charge in [0.15, 0.2) is 5.57 Å². The summed E-state index contributed by atoms with van der Waals surface area (Å²) in [6.07, 6.45) is -1.33. The van der Waals surface area contributed by atoms with Crippen molar-refractivity contribution in [2.24, 2.45) is 0 Å². The molecule has 0 aliphatic heterocycles. The molecule has 0 fully saturated rings. The molecule has 9 nitrogen and oxygen atoms in total. The van der Waals surface area contributed by atoms with Gasteiger partial charge in [-0.1, -0.05) is 13.0 Å². The molecule has 0 aliphatic carbocycles. The number of aromatic nitrogens is 1. The standard InChI is InChI=1S/C22H26F2N6O3S/c1-4-29(3)13-19(31)28-15-8-6-7-14(9-15)26-11-17-21(33)30(5-2)22(34-17)16(10-25)20(32)27-12-18(23)24/h6-9,11,18,26H,4-5,12-13H2,1-3H3,(H,27,32)(H,28,31). The van der Waals surface area contributed by atoms with Crippen molar-refractivity contribution in [2.45, 2.75) is 26.8 Å². The van der Waals surface area contributed by atoms with Gasteiger partial charge in [-0.3, -0.25) is 23.9 Å². The Morgan fingerprint density at radius 1 is 1.29 bits per heavy atom. The maximum absolute atomic E-state index is 12.8. The Hall–Kier alpha value is -3.56. The van der Waals surface area contributed by atoms with E-state index in [0.29, 0.717) is 11.4 Å². The molecule has 2 amide bonds. The first kappa shape index (κ1) is 26.7. The van der Waals surface area contributed by atoms with Crippen molar-refractivity contribution in [1.82, 2.24) is 14.8 Å². The molecule has 1 heterocycles. The van der Waals surface area contributed by atoms with Crippen molar-refractivity contribution >= 4 is 46.3 Å². The summed E-state index contributed by atoms with van der Waals surface area (Å²) >= 11 is 0.899. The zero-order valence-corrected chi connectivity index (χ0v) is 19.8. The first-order valence-electron chi connectivity index (χ1n) is 10.5. The van der Waals surface area contributed by atoms with E-state index in [9.17, 15) is 28.4 Å². The summed E-state index contributed by atoms with van der Waals surface area (Å²) in [5, 5.41) is 17.2. The van der Waals surface area contributed by atoms with Crippen LogP contribution < -0.4 is 30.7 Å². The number of carbonyl (C=O) groups excluding carboxylic acids is 2. The summed E-state index contributed by atoms with van der Waals surface area (Å²) in [6, 6.07) is 8.60. The fourth-order valence-electron chi connectivity index (χ4n) is 2.84. The Labute approximate surface area is 199 Å². The number of likely N-dealkylation sites (N-methyl/N-ethyl adjacent to an activating group) is 1. The number of hydrogen-bond donors (Lipinski definition) is 3. The van der Waals surface area contributed by atoms with Crippen LogP contribution in [0.25, 0.3) is 11.8 Å². The fraction of sp³-hybridized carbons (Fsp3) is 0.364. The number of thiazole rings is 1. The van der Waals surface area contributed by atoms with Crippen LogP contribution in [0.5, 0.6) is 0 Å². The highest BCUT2D eigenvalue weighted by Crippen LogP contribution is 2.15. The third-order valence-corrected chi connectivity index (χ3v) is 5.79. The molecular weight excluding hydrogens is 466 g/mol. The van der Waals surface area contributed by atoms with Crippen molar-refractivity contribution < 1.29 is 18.4 Å². The molecule has 1 aromatic carbocycles. The number of benzene rings is 1. The molecule has 0 radical (unpaired) electrons. The Morgan fingerprint density at radius 3 is 2.62 bits per heavy atom. The molecule has 182 valence electrons. The van der Waals surface area contributed by atoms with E-state index < -0.39 is 30.0 Å². The molecular formula is C22H26F2N6O3S. The number of carbonyl (C=O) groups is 2. The lowest BCUT2D eigenvalue weighted by Crippen LogP contribution is -2.35. The highest BCUT2D eigenvalue weighted by Gasteiger charge is 2.16. The summed E-state index contributed by atoms with van der Waals surface area (Å²) in [6.45, 7) is 3.89. The predicted molar refractivity (Wildman–Crippen MR) is 128 cm³/mol. The molecule has 0 unspecified atom stereocenters. The van der Waals surface area contributed by atoms with E-state index in [0.717, 1.165) is 17.9 Å². The summed E-state index contributed by atoms with van der Waals surface area (Å²) < 4.78 is 26.4. The van der Waals surface area contributed by atoms with Gasteiger partial charge in [-0.2, -0.15) is 5.26 Å². The topological polar surface area (TPSA) is 119 Å². The lowest BCUT2D eigenvalue weighted by Gasteiger charge is -2.13. The van der Waals surface area contributed by atoms with E-state index in [-0.39, 0.29) is 28.2 Å². The van der Waals surface area contributed by atoms with Crippen molar-refractivity contribution in [3.8, 4) is 6.07 Å². The van der Waals surface area contributed by atoms with Gasteiger partial charge in [0.2, 0.25) is 5.91 Å². The van der Waals surface area contributed by atoms with Crippen molar-refractivity contribution in [2.75, 3.05) is 37.3 Å². The largest absolute Gasteiger partial charge is 0.360 e. The molecule has 2 rings (SSSR count). The van der Waals surface area contributed by atoms with Crippen LogP contribution in [-0.4, -0.2) is 54.4 Å². The van der Waals surface area contributed by atoms with Crippen molar-refractivity contribution in [1.29, 1.82) is 5.26 Å². The summed E-state index contributed by atoms with van der Waals surface area (Å²) in [5.41, 5.74) is 0.322. The Kier molecular flexibility index (Phi) is 9.91. The third kappa shape index (κ3) is 7.23. The van der Waals surface area contributed by atoms with Crippen LogP contribution in [0, 0.1) is 11.3 Å². The summed E-state index contributed by atoms with van der Waals surface area (Å²) in [5.74, 6) is -1.13. The van der Waals surface area contributed by atoms with E-state index in [4.69, 9.17) is 0 Å². The number of nitrogens with one attached hydrogen (secondary N) is 3. The number of halogens is 2. The van der Waals surface area contributed by atoms with E-state index >= 15 is 0 Å². The lowest BCUT2D eigenvalue weighted by atomic mass is 10.2. The van der Waals surface area contributed by atoms with Gasteiger partial charge in [0.1, 0.15) is 15.3 Å². The number of anilines is 2. The van der Waals surface area contributed by atoms with E-state index in [1.807, 2.05) is 24.2 Å². The Morgan fingerprint density at radius 2 is 2.00 bits per heavy atom. The molecule has 0 bridgehead atoms. The molecule has 3 N–H and O–H groups in total. The first-order chi connectivity index (χ1) is 16.2. The summed E-state index contributed by atoms with van der Waals surface area (Å²) in [7, 11) is 1.84. The zero-order valence-electron chi connectivity index (χ0n) is 19.0. The molecule has 0 saturated carbocycles. The van der Waals surface area contributed by atoms with Gasteiger partial charge in [0, 0.05) is 24.1 Å². The zero-order chi connectivity index (χ0) is 25.3. The monoisotopic (exact) mass is 492 g/mol. The number of amides is 2. The highest BCUT2D eigenvalue weighted by atomic mass is 32.1. The minimum Gasteiger partial charge on any atom is -0.360 e. The second-order valence-electron chi connectivity index (χ2n) is 7.16. The molecule has 0 saturated heterocycles.